The Hall–Kier alpha value is -3.83. The molecular formula is C30H26N2O2S. The number of nitrogens with one attached hydrogen (secondary N) is 1. The Kier molecular flexibility index (Phi) is 6.43. The van der Waals surface area contributed by atoms with Crippen LogP contribution in [0.5, 0.6) is 0 Å². The second-order valence-corrected chi connectivity index (χ2v) is 9.79. The fourth-order valence-electron chi connectivity index (χ4n) is 4.42. The van der Waals surface area contributed by atoms with Crippen LogP contribution in [-0.4, -0.2) is 21.6 Å². The third kappa shape index (κ3) is 4.47. The fraction of sp³-hybridized carbons (Fsp3) is 0.133. The van der Waals surface area contributed by atoms with Gasteiger partial charge in [0.1, 0.15) is 0 Å². The number of amides is 1. The van der Waals surface area contributed by atoms with E-state index in [2.05, 4.69) is 17.4 Å². The number of aromatic nitrogens is 1. The highest BCUT2D eigenvalue weighted by Gasteiger charge is 2.23. The topological polar surface area (TPSA) is 51.1 Å². The molecule has 1 aromatic heterocycles. The predicted octanol–water partition coefficient (Wildman–Crippen LogP) is 7.57. The number of thioether (sulfide) groups is 1. The van der Waals surface area contributed by atoms with Crippen LogP contribution in [0.2, 0.25) is 0 Å². The lowest BCUT2D eigenvalue weighted by Gasteiger charge is -2.16. The molecule has 0 fully saturated rings. The lowest BCUT2D eigenvalue weighted by atomic mass is 10.1. The summed E-state index contributed by atoms with van der Waals surface area (Å²) < 4.78 is 1.86. The Labute approximate surface area is 209 Å². The molecule has 5 heteroatoms. The Morgan fingerprint density at radius 3 is 1.97 bits per heavy atom. The molecule has 4 aromatic carbocycles. The van der Waals surface area contributed by atoms with Gasteiger partial charge in [-0.05, 0) is 61.4 Å². The third-order valence-corrected chi connectivity index (χ3v) is 7.59. The van der Waals surface area contributed by atoms with Crippen LogP contribution in [0.3, 0.4) is 0 Å². The SMILES string of the molecule is CCC(Sc1ccc(NC(=O)c2ccccc2C)cc1)C(=O)n1c2ccccc2c2ccccc21. The average Bonchev–Trinajstić information content (AvgIpc) is 3.22. The second-order valence-electron chi connectivity index (χ2n) is 8.52. The number of benzene rings is 4. The van der Waals surface area contributed by atoms with Crippen molar-refractivity contribution in [3.63, 3.8) is 0 Å². The minimum absolute atomic E-state index is 0.0758. The maximum Gasteiger partial charge on any atom is 0.255 e. The summed E-state index contributed by atoms with van der Waals surface area (Å²) >= 11 is 1.56. The number of hydrogen-bond donors (Lipinski definition) is 1. The first-order valence-corrected chi connectivity index (χ1v) is 12.6. The van der Waals surface area contributed by atoms with Crippen molar-refractivity contribution in [1.29, 1.82) is 0 Å². The van der Waals surface area contributed by atoms with E-state index >= 15 is 0 Å². The molecule has 5 rings (SSSR count). The van der Waals surface area contributed by atoms with Crippen LogP contribution in [0, 0.1) is 6.92 Å². The highest BCUT2D eigenvalue weighted by atomic mass is 32.2. The molecule has 0 spiro atoms. The summed E-state index contributed by atoms with van der Waals surface area (Å²) in [4.78, 5) is 27.4. The van der Waals surface area contributed by atoms with Gasteiger partial charge in [0.25, 0.3) is 5.91 Å². The van der Waals surface area contributed by atoms with E-state index in [-0.39, 0.29) is 17.1 Å². The quantitative estimate of drug-likeness (QED) is 0.256. The molecule has 1 amide bonds. The van der Waals surface area contributed by atoms with Crippen LogP contribution in [0.1, 0.15) is 34.1 Å². The van der Waals surface area contributed by atoms with Gasteiger partial charge in [-0.1, -0.05) is 61.5 Å². The molecule has 174 valence electrons. The zero-order chi connectivity index (χ0) is 24.4. The number of aryl methyl sites for hydroxylation is 1. The second kappa shape index (κ2) is 9.80. The van der Waals surface area contributed by atoms with Gasteiger partial charge in [0.2, 0.25) is 5.91 Å². The molecule has 0 saturated heterocycles. The van der Waals surface area contributed by atoms with Gasteiger partial charge >= 0.3 is 0 Å². The van der Waals surface area contributed by atoms with E-state index < -0.39 is 0 Å². The lowest BCUT2D eigenvalue weighted by molar-refractivity contribution is 0.0918. The van der Waals surface area contributed by atoms with Crippen molar-refractivity contribution in [2.75, 3.05) is 5.32 Å². The number of rotatable bonds is 6. The van der Waals surface area contributed by atoms with Crippen LogP contribution >= 0.6 is 11.8 Å². The summed E-state index contributed by atoms with van der Waals surface area (Å²) in [6.07, 6.45) is 0.704. The number of hydrogen-bond acceptors (Lipinski definition) is 3. The maximum absolute atomic E-state index is 13.8. The zero-order valence-corrected chi connectivity index (χ0v) is 20.5. The number of nitrogens with zero attached hydrogens (tertiary/aromatic N) is 1. The Morgan fingerprint density at radius 2 is 1.37 bits per heavy atom. The lowest BCUT2D eigenvalue weighted by Crippen LogP contribution is -2.23. The summed E-state index contributed by atoms with van der Waals surface area (Å²) in [5, 5.41) is 4.90. The van der Waals surface area contributed by atoms with Crippen molar-refractivity contribution in [2.45, 2.75) is 30.4 Å². The van der Waals surface area contributed by atoms with Crippen molar-refractivity contribution in [3.05, 3.63) is 108 Å². The van der Waals surface area contributed by atoms with Gasteiger partial charge in [-0.3, -0.25) is 14.2 Å². The minimum Gasteiger partial charge on any atom is -0.322 e. The fourth-order valence-corrected chi connectivity index (χ4v) is 5.41. The van der Waals surface area contributed by atoms with Crippen LogP contribution in [0.4, 0.5) is 5.69 Å². The van der Waals surface area contributed by atoms with E-state index in [4.69, 9.17) is 0 Å². The normalized spacial score (nSPS) is 12.1. The van der Waals surface area contributed by atoms with Crippen molar-refractivity contribution in [1.82, 2.24) is 4.57 Å². The van der Waals surface area contributed by atoms with E-state index in [9.17, 15) is 9.59 Å². The maximum atomic E-state index is 13.8. The molecule has 1 heterocycles. The molecular weight excluding hydrogens is 452 g/mol. The summed E-state index contributed by atoms with van der Waals surface area (Å²) in [6, 6.07) is 31.3. The Morgan fingerprint density at radius 1 is 0.800 bits per heavy atom. The van der Waals surface area contributed by atoms with Crippen LogP contribution in [-0.2, 0) is 0 Å². The molecule has 1 N–H and O–H groups in total. The molecule has 0 radical (unpaired) electrons. The average molecular weight is 479 g/mol. The summed E-state index contributed by atoms with van der Waals surface area (Å²) in [6.45, 7) is 3.97. The summed E-state index contributed by atoms with van der Waals surface area (Å²) in [7, 11) is 0. The number of fused-ring (bicyclic) bond motifs is 3. The van der Waals surface area contributed by atoms with Gasteiger partial charge in [-0.15, -0.1) is 11.8 Å². The van der Waals surface area contributed by atoms with Crippen molar-refractivity contribution >= 4 is 51.1 Å². The Bertz CT molecular complexity index is 1480. The summed E-state index contributed by atoms with van der Waals surface area (Å²) in [5.74, 6) is -0.0525. The molecule has 1 unspecified atom stereocenters. The Balaban J connectivity index is 1.37. The van der Waals surface area contributed by atoms with Gasteiger partial charge in [0.15, 0.2) is 0 Å². The monoisotopic (exact) mass is 478 g/mol. The highest BCUT2D eigenvalue weighted by molar-refractivity contribution is 8.00. The van der Waals surface area contributed by atoms with Crippen molar-refractivity contribution in [2.24, 2.45) is 0 Å². The largest absolute Gasteiger partial charge is 0.322 e. The van der Waals surface area contributed by atoms with E-state index in [1.807, 2.05) is 103 Å². The van der Waals surface area contributed by atoms with Crippen molar-refractivity contribution in [3.8, 4) is 0 Å². The molecule has 35 heavy (non-hydrogen) atoms. The molecule has 4 nitrogen and oxygen atoms in total. The van der Waals surface area contributed by atoms with Gasteiger partial charge < -0.3 is 5.32 Å². The molecule has 0 saturated carbocycles. The number of para-hydroxylation sites is 2. The van der Waals surface area contributed by atoms with E-state index in [0.29, 0.717) is 12.0 Å². The first-order valence-electron chi connectivity index (χ1n) is 11.7. The third-order valence-electron chi connectivity index (χ3n) is 6.23. The molecule has 0 bridgehead atoms. The predicted molar refractivity (Wildman–Crippen MR) is 146 cm³/mol. The molecule has 0 aliphatic heterocycles. The van der Waals surface area contributed by atoms with E-state index in [1.54, 1.807) is 11.8 Å². The molecule has 0 aliphatic carbocycles. The van der Waals surface area contributed by atoms with Crippen LogP contribution in [0.25, 0.3) is 21.8 Å². The van der Waals surface area contributed by atoms with Gasteiger partial charge in [-0.25, -0.2) is 0 Å². The van der Waals surface area contributed by atoms with Crippen LogP contribution in [0.15, 0.2) is 102 Å². The minimum atomic E-state index is -0.235. The van der Waals surface area contributed by atoms with Crippen molar-refractivity contribution < 1.29 is 9.59 Å². The molecule has 1 atom stereocenters. The van der Waals surface area contributed by atoms with Gasteiger partial charge in [0.05, 0.1) is 16.3 Å². The standard InChI is InChI=1S/C30H26N2O2S/c1-3-28(30(34)32-26-14-8-6-12-24(26)25-13-7-9-15-27(25)32)35-22-18-16-21(17-19-22)31-29(33)23-11-5-4-10-20(23)2/h4-19,28H,3H2,1-2H3,(H,31,33). The number of anilines is 1. The first-order chi connectivity index (χ1) is 17.1. The highest BCUT2D eigenvalue weighted by Crippen LogP contribution is 2.33. The number of carbonyl (C=O) groups excluding carboxylic acids is 2. The van der Waals surface area contributed by atoms with Gasteiger partial charge in [0, 0.05) is 26.9 Å². The van der Waals surface area contributed by atoms with E-state index in [0.717, 1.165) is 38.0 Å². The van der Waals surface area contributed by atoms with Crippen LogP contribution < -0.4 is 5.32 Å². The smallest absolute Gasteiger partial charge is 0.255 e. The number of carbonyl (C=O) groups is 2. The zero-order valence-electron chi connectivity index (χ0n) is 19.7. The molecule has 5 aromatic rings. The van der Waals surface area contributed by atoms with E-state index in [1.165, 1.54) is 0 Å². The first kappa shape index (κ1) is 22.9. The van der Waals surface area contributed by atoms with Gasteiger partial charge in [-0.2, -0.15) is 0 Å². The summed E-state index contributed by atoms with van der Waals surface area (Å²) in [5.41, 5.74) is 4.20. The molecule has 0 aliphatic rings.